The molecule has 0 fully saturated rings. The van der Waals surface area contributed by atoms with Gasteiger partial charge in [-0.2, -0.15) is 0 Å². The molecule has 0 saturated heterocycles. The van der Waals surface area contributed by atoms with Gasteiger partial charge >= 0.3 is 12.3 Å². The Kier molecular flexibility index (Phi) is 5.41. The second kappa shape index (κ2) is 6.66. The third-order valence-electron chi connectivity index (χ3n) is 2.42. The summed E-state index contributed by atoms with van der Waals surface area (Å²) in [6.45, 7) is -0.459. The smallest absolute Gasteiger partial charge is 0.469 e. The van der Waals surface area contributed by atoms with E-state index in [1.807, 2.05) is 0 Å². The summed E-state index contributed by atoms with van der Waals surface area (Å²) in [4.78, 5) is 14.6. The lowest BCUT2D eigenvalue weighted by atomic mass is 10.1. The summed E-state index contributed by atoms with van der Waals surface area (Å²) in [6.07, 6.45) is -8.36. The highest BCUT2D eigenvalue weighted by atomic mass is 19.4. The van der Waals surface area contributed by atoms with Crippen LogP contribution in [0.3, 0.4) is 0 Å². The number of hydrogen-bond acceptors (Lipinski definition) is 5. The number of nitrogens with two attached hydrogens (primary N) is 1. The van der Waals surface area contributed by atoms with Crippen LogP contribution in [-0.2, 0) is 22.5 Å². The molecule has 1 aromatic rings. The van der Waals surface area contributed by atoms with Crippen LogP contribution in [0.4, 0.5) is 22.0 Å². The predicted octanol–water partition coefficient (Wildman–Crippen LogP) is 2.09. The van der Waals surface area contributed by atoms with Gasteiger partial charge in [-0.15, -0.1) is 13.2 Å². The molecule has 1 rings (SSSR count). The molecule has 0 aromatic carbocycles. The zero-order valence-electron chi connectivity index (χ0n) is 10.7. The van der Waals surface area contributed by atoms with Gasteiger partial charge in [-0.1, -0.05) is 0 Å². The quantitative estimate of drug-likeness (QED) is 0.665. The number of hydrogen-bond donors (Lipinski definition) is 1. The number of rotatable bonds is 5. The average Bonchev–Trinajstić information content (AvgIpc) is 2.37. The van der Waals surface area contributed by atoms with Gasteiger partial charge in [0.1, 0.15) is 0 Å². The maximum atomic E-state index is 13.0. The van der Waals surface area contributed by atoms with E-state index in [0.29, 0.717) is 0 Å². The molecule has 0 radical (unpaired) electrons. The summed E-state index contributed by atoms with van der Waals surface area (Å²) in [7, 11) is 0.995. The molecule has 0 saturated carbocycles. The lowest BCUT2D eigenvalue weighted by Gasteiger charge is -2.18. The Morgan fingerprint density at radius 1 is 1.43 bits per heavy atom. The van der Waals surface area contributed by atoms with Gasteiger partial charge < -0.3 is 15.2 Å². The van der Waals surface area contributed by atoms with Gasteiger partial charge in [0.25, 0.3) is 6.43 Å². The number of pyridine rings is 1. The standard InChI is InChI=1S/C11H11F5N2O3/c1-20-7(19)2-6-9(21-11(14,15)16)8(10(12)13)5(3-17)4-18-6/h4,10H,2-3,17H2,1H3. The van der Waals surface area contributed by atoms with Crippen LogP contribution in [-0.4, -0.2) is 24.4 Å². The first kappa shape index (κ1) is 17.1. The van der Waals surface area contributed by atoms with Crippen LogP contribution in [0.25, 0.3) is 0 Å². The third-order valence-corrected chi connectivity index (χ3v) is 2.42. The second-order valence-electron chi connectivity index (χ2n) is 3.78. The van der Waals surface area contributed by atoms with E-state index in [0.717, 1.165) is 13.3 Å². The van der Waals surface area contributed by atoms with Gasteiger partial charge in [-0.3, -0.25) is 9.78 Å². The molecule has 21 heavy (non-hydrogen) atoms. The molecule has 1 heterocycles. The van der Waals surface area contributed by atoms with Crippen molar-refractivity contribution in [2.24, 2.45) is 5.73 Å². The fourth-order valence-electron chi connectivity index (χ4n) is 1.55. The molecule has 0 aliphatic heterocycles. The lowest BCUT2D eigenvalue weighted by molar-refractivity contribution is -0.275. The van der Waals surface area contributed by atoms with Gasteiger partial charge in [0.05, 0.1) is 24.8 Å². The van der Waals surface area contributed by atoms with Crippen molar-refractivity contribution in [2.45, 2.75) is 25.8 Å². The van der Waals surface area contributed by atoms with E-state index in [1.54, 1.807) is 0 Å². The SMILES string of the molecule is COC(=O)Cc1ncc(CN)c(C(F)F)c1OC(F)(F)F. The highest BCUT2D eigenvalue weighted by Crippen LogP contribution is 2.37. The third kappa shape index (κ3) is 4.52. The molecule has 118 valence electrons. The highest BCUT2D eigenvalue weighted by molar-refractivity contribution is 5.73. The molecular formula is C11H11F5N2O3. The normalized spacial score (nSPS) is 11.6. The van der Waals surface area contributed by atoms with Crippen molar-refractivity contribution < 1.29 is 36.2 Å². The van der Waals surface area contributed by atoms with E-state index in [9.17, 15) is 26.7 Å². The number of aromatic nitrogens is 1. The molecule has 2 N–H and O–H groups in total. The van der Waals surface area contributed by atoms with Gasteiger partial charge in [-0.25, -0.2) is 8.78 Å². The molecule has 10 heteroatoms. The van der Waals surface area contributed by atoms with E-state index >= 15 is 0 Å². The minimum atomic E-state index is -5.22. The highest BCUT2D eigenvalue weighted by Gasteiger charge is 2.36. The average molecular weight is 314 g/mol. The summed E-state index contributed by atoms with van der Waals surface area (Å²) < 4.78 is 71.0. The van der Waals surface area contributed by atoms with Gasteiger partial charge in [0.2, 0.25) is 0 Å². The number of ether oxygens (including phenoxy) is 2. The Morgan fingerprint density at radius 2 is 2.05 bits per heavy atom. The van der Waals surface area contributed by atoms with Crippen LogP contribution in [0.1, 0.15) is 23.2 Å². The van der Waals surface area contributed by atoms with E-state index in [2.05, 4.69) is 14.5 Å². The van der Waals surface area contributed by atoms with Crippen LogP contribution < -0.4 is 10.5 Å². The van der Waals surface area contributed by atoms with Gasteiger partial charge in [0.15, 0.2) is 5.75 Å². The molecule has 0 spiro atoms. The number of carbonyl (C=O) groups is 1. The molecule has 0 amide bonds. The predicted molar refractivity (Wildman–Crippen MR) is 59.5 cm³/mol. The van der Waals surface area contributed by atoms with E-state index in [4.69, 9.17) is 5.73 Å². The van der Waals surface area contributed by atoms with Crippen LogP contribution in [0.2, 0.25) is 0 Å². The zero-order valence-corrected chi connectivity index (χ0v) is 10.7. The topological polar surface area (TPSA) is 74.4 Å². The molecule has 0 unspecified atom stereocenters. The Hall–Kier alpha value is -1.97. The summed E-state index contributed by atoms with van der Waals surface area (Å²) in [5.41, 5.74) is 3.25. The van der Waals surface area contributed by atoms with Crippen molar-refractivity contribution in [3.8, 4) is 5.75 Å². The Morgan fingerprint density at radius 3 is 2.48 bits per heavy atom. The van der Waals surface area contributed by atoms with Crippen molar-refractivity contribution >= 4 is 5.97 Å². The summed E-state index contributed by atoms with van der Waals surface area (Å²) in [5, 5.41) is 0. The molecular weight excluding hydrogens is 303 g/mol. The Balaban J connectivity index is 3.42. The first-order valence-electron chi connectivity index (χ1n) is 5.51. The minimum absolute atomic E-state index is 0.308. The number of carbonyl (C=O) groups excluding carboxylic acids is 1. The van der Waals surface area contributed by atoms with Crippen molar-refractivity contribution in [2.75, 3.05) is 7.11 Å². The fraction of sp³-hybridized carbons (Fsp3) is 0.455. The number of methoxy groups -OCH3 is 1. The number of alkyl halides is 5. The molecule has 1 aromatic heterocycles. The van der Waals surface area contributed by atoms with Crippen LogP contribution in [0.15, 0.2) is 6.20 Å². The second-order valence-corrected chi connectivity index (χ2v) is 3.78. The minimum Gasteiger partial charge on any atom is -0.469 e. The largest absolute Gasteiger partial charge is 0.573 e. The number of nitrogens with zero attached hydrogens (tertiary/aromatic N) is 1. The van der Waals surface area contributed by atoms with Crippen molar-refractivity contribution in [1.29, 1.82) is 0 Å². The zero-order chi connectivity index (χ0) is 16.2. The summed E-state index contributed by atoms with van der Waals surface area (Å²) in [6, 6.07) is 0. The molecule has 0 bridgehead atoms. The summed E-state index contributed by atoms with van der Waals surface area (Å²) in [5.74, 6) is -2.17. The maximum Gasteiger partial charge on any atom is 0.573 e. The van der Waals surface area contributed by atoms with Crippen molar-refractivity contribution in [3.63, 3.8) is 0 Å². The van der Waals surface area contributed by atoms with Gasteiger partial charge in [0, 0.05) is 12.7 Å². The molecule has 5 nitrogen and oxygen atoms in total. The fourth-order valence-corrected chi connectivity index (χ4v) is 1.55. The Bertz CT molecular complexity index is 519. The van der Waals surface area contributed by atoms with Crippen LogP contribution in [0.5, 0.6) is 5.75 Å². The molecule has 0 aliphatic rings. The van der Waals surface area contributed by atoms with E-state index in [1.165, 1.54) is 0 Å². The van der Waals surface area contributed by atoms with Gasteiger partial charge in [-0.05, 0) is 5.56 Å². The Labute approximate surface area is 115 Å². The van der Waals surface area contributed by atoms with Crippen molar-refractivity contribution in [1.82, 2.24) is 4.98 Å². The van der Waals surface area contributed by atoms with E-state index in [-0.39, 0.29) is 5.56 Å². The van der Waals surface area contributed by atoms with Crippen LogP contribution >= 0.6 is 0 Å². The lowest BCUT2D eigenvalue weighted by Crippen LogP contribution is -2.22. The number of halogens is 5. The summed E-state index contributed by atoms with van der Waals surface area (Å²) >= 11 is 0. The van der Waals surface area contributed by atoms with Crippen molar-refractivity contribution in [3.05, 3.63) is 23.0 Å². The molecule has 0 atom stereocenters. The first-order valence-corrected chi connectivity index (χ1v) is 5.51. The number of esters is 1. The van der Waals surface area contributed by atoms with E-state index < -0.39 is 48.7 Å². The van der Waals surface area contributed by atoms with Crippen LogP contribution in [0, 0.1) is 0 Å². The maximum absolute atomic E-state index is 13.0. The molecule has 0 aliphatic carbocycles. The first-order chi connectivity index (χ1) is 9.69. The monoisotopic (exact) mass is 314 g/mol.